The third-order valence-corrected chi connectivity index (χ3v) is 8.58. The molecule has 0 fully saturated rings. The van der Waals surface area contributed by atoms with Crippen LogP contribution >= 0.6 is 0 Å². The van der Waals surface area contributed by atoms with Crippen LogP contribution in [-0.2, 0) is 32.1 Å². The second kappa shape index (κ2) is 10.9. The van der Waals surface area contributed by atoms with Gasteiger partial charge in [-0.25, -0.2) is 9.78 Å². The zero-order chi connectivity index (χ0) is 31.5. The molecule has 8 rings (SSSR count). The van der Waals surface area contributed by atoms with E-state index >= 15 is 0 Å². The molecule has 12 heteroatoms. The van der Waals surface area contributed by atoms with Crippen molar-refractivity contribution in [3.05, 3.63) is 95.1 Å². The van der Waals surface area contributed by atoms with Gasteiger partial charge in [-0.1, -0.05) is 36.4 Å². The van der Waals surface area contributed by atoms with E-state index in [1.807, 2.05) is 103 Å². The van der Waals surface area contributed by atoms with Gasteiger partial charge in [0, 0.05) is 6.42 Å². The average molecular weight is 623 g/mol. The second-order valence-corrected chi connectivity index (χ2v) is 11.7. The molecule has 0 aliphatic heterocycles. The standard InChI is InChI=1S/C34H34N6O6/c1-22-18-24(20-30(33(22)42)39-35-26-9-3-4-10-27(26)36(35)39)8-7-15-45-46-17-16-44-32(41)14-13-25-19-23(2)34(43)31(21-25)40-37-28-11-5-6-12-29(28)38(37)40/h3-6,9-12,18-21,42-43H,7-8,13-17H2,1-2H3. The molecule has 236 valence electrons. The summed E-state index contributed by atoms with van der Waals surface area (Å²) < 4.78 is 13.3. The summed E-state index contributed by atoms with van der Waals surface area (Å²) in [6.45, 7) is 4.38. The fraction of sp³-hybridized carbons (Fsp3) is 0.265. The minimum absolute atomic E-state index is 0.0976. The molecule has 4 aromatic heterocycles. The van der Waals surface area contributed by atoms with E-state index in [2.05, 4.69) is 12.1 Å². The fourth-order valence-electron chi connectivity index (χ4n) is 6.22. The van der Waals surface area contributed by atoms with Crippen molar-refractivity contribution in [2.24, 2.45) is 0 Å². The highest BCUT2D eigenvalue weighted by Crippen LogP contribution is 2.35. The summed E-state index contributed by atoms with van der Waals surface area (Å²) in [5.74, 6) is 0.168. The van der Waals surface area contributed by atoms with E-state index in [-0.39, 0.29) is 37.1 Å². The van der Waals surface area contributed by atoms with Crippen molar-refractivity contribution in [1.29, 1.82) is 0 Å². The molecule has 0 radical (unpaired) electrons. The first-order chi connectivity index (χ1) is 22.4. The van der Waals surface area contributed by atoms with E-state index in [4.69, 9.17) is 14.5 Å². The number of esters is 1. The lowest BCUT2D eigenvalue weighted by molar-refractivity contribution is -0.298. The fourth-order valence-corrected chi connectivity index (χ4v) is 6.22. The largest absolute Gasteiger partial charge is 0.505 e. The molecule has 0 saturated carbocycles. The third-order valence-electron chi connectivity index (χ3n) is 8.58. The number of aromatic nitrogens is 6. The number of aromatic hydroxyl groups is 2. The van der Waals surface area contributed by atoms with Crippen molar-refractivity contribution in [2.75, 3.05) is 19.8 Å². The Hall–Kier alpha value is -5.33. The highest BCUT2D eigenvalue weighted by Gasteiger charge is 2.27. The Morgan fingerprint density at radius 3 is 1.59 bits per heavy atom. The molecule has 12 nitrogen and oxygen atoms in total. The Kier molecular flexibility index (Phi) is 6.69. The minimum atomic E-state index is -0.323. The Labute approximate surface area is 262 Å². The third kappa shape index (κ3) is 4.65. The zero-order valence-electron chi connectivity index (χ0n) is 25.6. The molecule has 0 bridgehead atoms. The van der Waals surface area contributed by atoms with Crippen LogP contribution in [0.1, 0.15) is 35.1 Å². The molecule has 0 atom stereocenters. The molecule has 4 aromatic carbocycles. The maximum Gasteiger partial charge on any atom is 0.306 e. The number of aryl methyl sites for hydroxylation is 4. The number of nitrogens with zero attached hydrogens (tertiary/aromatic N) is 6. The molecule has 0 aliphatic rings. The zero-order valence-corrected chi connectivity index (χ0v) is 25.6. The van der Waals surface area contributed by atoms with Gasteiger partial charge in [-0.15, -0.1) is 28.1 Å². The molecular weight excluding hydrogens is 588 g/mol. The molecule has 8 aromatic rings. The van der Waals surface area contributed by atoms with Gasteiger partial charge in [-0.3, -0.25) is 4.79 Å². The topological polar surface area (TPSA) is 113 Å². The van der Waals surface area contributed by atoms with Crippen LogP contribution in [0.3, 0.4) is 0 Å². The van der Waals surface area contributed by atoms with Gasteiger partial charge in [0.2, 0.25) is 0 Å². The number of carbonyl (C=O) groups excluding carboxylic acids is 1. The van der Waals surface area contributed by atoms with Gasteiger partial charge >= 0.3 is 5.97 Å². The molecule has 0 unspecified atom stereocenters. The van der Waals surface area contributed by atoms with E-state index in [0.717, 1.165) is 62.8 Å². The number of phenols is 2. The Bertz CT molecular complexity index is 2220. The number of rotatable bonds is 13. The maximum absolute atomic E-state index is 12.4. The molecule has 4 heterocycles. The smallest absolute Gasteiger partial charge is 0.306 e. The first kappa shape index (κ1) is 28.2. The second-order valence-electron chi connectivity index (χ2n) is 11.7. The number of hydrogen-bond acceptors (Lipinski definition) is 6. The highest BCUT2D eigenvalue weighted by molar-refractivity contribution is 5.80. The Morgan fingerprint density at radius 1 is 0.630 bits per heavy atom. The molecular formula is C34H34N6O6. The minimum Gasteiger partial charge on any atom is -0.505 e. The van der Waals surface area contributed by atoms with Gasteiger partial charge in [0.25, 0.3) is 0 Å². The first-order valence-electron chi connectivity index (χ1n) is 15.5. The summed E-state index contributed by atoms with van der Waals surface area (Å²) >= 11 is 0. The number of phenolic OH excluding ortho intramolecular Hbond substituents is 2. The predicted octanol–water partition coefficient (Wildman–Crippen LogP) is 5.24. The van der Waals surface area contributed by atoms with Crippen LogP contribution in [0.25, 0.3) is 33.4 Å². The summed E-state index contributed by atoms with van der Waals surface area (Å²) in [5.41, 5.74) is 9.44. The average Bonchev–Trinajstić information content (AvgIpc) is 3.92. The van der Waals surface area contributed by atoms with Gasteiger partial charge in [0.05, 0.1) is 6.61 Å². The van der Waals surface area contributed by atoms with E-state index in [9.17, 15) is 15.0 Å². The summed E-state index contributed by atoms with van der Waals surface area (Å²) in [7, 11) is 0. The van der Waals surface area contributed by atoms with E-state index in [0.29, 0.717) is 18.7 Å². The molecule has 2 N–H and O–H groups in total. The SMILES string of the molecule is Cc1cc(CCCOOCCOC(=O)CCc2cc(C)c(O)c(-n3n4c5ccccc5n34)c2)cc(-n2n3c4ccccc4n23)c1O. The molecule has 0 amide bonds. The highest BCUT2D eigenvalue weighted by atomic mass is 17.2. The lowest BCUT2D eigenvalue weighted by Crippen LogP contribution is -2.12. The van der Waals surface area contributed by atoms with Gasteiger partial charge in [0.1, 0.15) is 58.2 Å². The van der Waals surface area contributed by atoms with Crippen LogP contribution in [0.4, 0.5) is 0 Å². The van der Waals surface area contributed by atoms with Crippen molar-refractivity contribution in [3.8, 4) is 22.9 Å². The monoisotopic (exact) mass is 622 g/mol. The number of ether oxygens (including phenoxy) is 1. The number of carbonyl (C=O) groups is 1. The number of para-hydroxylation sites is 4. The lowest BCUT2D eigenvalue weighted by atomic mass is 10.0. The van der Waals surface area contributed by atoms with Crippen molar-refractivity contribution in [1.82, 2.24) is 28.1 Å². The number of hydrogen-bond donors (Lipinski definition) is 2. The Balaban J connectivity index is 0.764. The van der Waals surface area contributed by atoms with E-state index in [1.54, 1.807) is 0 Å². The van der Waals surface area contributed by atoms with Crippen molar-refractivity contribution >= 4 is 28.0 Å². The first-order valence-corrected chi connectivity index (χ1v) is 15.5. The molecule has 0 spiro atoms. The summed E-state index contributed by atoms with van der Waals surface area (Å²) in [5, 5.41) is 21.4. The van der Waals surface area contributed by atoms with Crippen LogP contribution in [0.5, 0.6) is 11.5 Å². The van der Waals surface area contributed by atoms with Crippen molar-refractivity contribution in [2.45, 2.75) is 39.5 Å². The van der Waals surface area contributed by atoms with Gasteiger partial charge in [-0.05, 0) is 91.8 Å². The van der Waals surface area contributed by atoms with Crippen LogP contribution in [0.15, 0.2) is 72.8 Å². The van der Waals surface area contributed by atoms with Crippen LogP contribution in [0, 0.1) is 13.8 Å². The molecule has 46 heavy (non-hydrogen) atoms. The molecule has 0 aliphatic carbocycles. The number of benzene rings is 4. The van der Waals surface area contributed by atoms with E-state index < -0.39 is 0 Å². The van der Waals surface area contributed by atoms with Gasteiger partial charge < -0.3 is 14.9 Å². The molecule has 0 saturated heterocycles. The van der Waals surface area contributed by atoms with Crippen molar-refractivity contribution < 1.29 is 29.5 Å². The van der Waals surface area contributed by atoms with E-state index in [1.165, 1.54) is 0 Å². The predicted molar refractivity (Wildman–Crippen MR) is 170 cm³/mol. The lowest BCUT2D eigenvalue weighted by Gasteiger charge is -2.09. The van der Waals surface area contributed by atoms with Crippen LogP contribution in [0.2, 0.25) is 0 Å². The maximum atomic E-state index is 12.4. The van der Waals surface area contributed by atoms with Crippen LogP contribution in [-0.4, -0.2) is 64.1 Å². The van der Waals surface area contributed by atoms with Crippen LogP contribution < -0.4 is 0 Å². The number of fused-ring (bicyclic) bond motifs is 8. The summed E-state index contributed by atoms with van der Waals surface area (Å²) in [6.07, 6.45) is 2.19. The summed E-state index contributed by atoms with van der Waals surface area (Å²) in [4.78, 5) is 26.8. The van der Waals surface area contributed by atoms with Gasteiger partial charge in [-0.2, -0.15) is 0 Å². The quantitative estimate of drug-likeness (QED) is 0.0788. The van der Waals surface area contributed by atoms with Gasteiger partial charge in [0.15, 0.2) is 0 Å². The van der Waals surface area contributed by atoms with Crippen molar-refractivity contribution in [3.63, 3.8) is 0 Å². The normalized spacial score (nSPS) is 12.3. The summed E-state index contributed by atoms with van der Waals surface area (Å²) in [6, 6.07) is 24.0. The Morgan fingerprint density at radius 2 is 1.09 bits per heavy atom.